The van der Waals surface area contributed by atoms with Gasteiger partial charge in [-0.1, -0.05) is 24.3 Å². The number of oxazole rings is 1. The fourth-order valence-corrected chi connectivity index (χ4v) is 5.25. The number of hydrogen-bond donors (Lipinski definition) is 3. The summed E-state index contributed by atoms with van der Waals surface area (Å²) in [5, 5.41) is 14.0. The highest BCUT2D eigenvalue weighted by atomic mass is 79.9. The summed E-state index contributed by atoms with van der Waals surface area (Å²) >= 11 is 3.23. The van der Waals surface area contributed by atoms with Gasteiger partial charge in [0.25, 0.3) is 5.91 Å². The van der Waals surface area contributed by atoms with Crippen molar-refractivity contribution in [2.24, 2.45) is 5.92 Å². The molecule has 0 unspecified atom stereocenters. The average Bonchev–Trinajstić information content (AvgIpc) is 3.36. The normalized spacial score (nSPS) is 17.3. The van der Waals surface area contributed by atoms with Crippen LogP contribution in [0.4, 0.5) is 18.9 Å². The van der Waals surface area contributed by atoms with Crippen molar-refractivity contribution in [1.82, 2.24) is 10.3 Å². The summed E-state index contributed by atoms with van der Waals surface area (Å²) in [6.07, 6.45) is -1.36. The molecule has 1 saturated carbocycles. The summed E-state index contributed by atoms with van der Waals surface area (Å²) in [6.45, 7) is -0.211. The molecular weight excluding hydrogens is 595 g/mol. The molecule has 1 aliphatic rings. The van der Waals surface area contributed by atoms with Gasteiger partial charge in [0, 0.05) is 29.5 Å². The SMILES string of the molecule is O=C(O)C[C@H]1CC[C@H](c2ccc(NC(=O)CCNC(=O)c3nc(-c4ccccc4Br)oc3C(F)(F)F)cc2)CC1. The average molecular weight is 622 g/mol. The Balaban J connectivity index is 1.29. The maximum Gasteiger partial charge on any atom is 0.452 e. The lowest BCUT2D eigenvalue weighted by Crippen LogP contribution is -2.29. The third kappa shape index (κ3) is 7.50. The van der Waals surface area contributed by atoms with Gasteiger partial charge in [-0.05, 0) is 83.3 Å². The molecule has 1 heterocycles. The molecule has 1 aromatic heterocycles. The molecule has 0 radical (unpaired) electrons. The summed E-state index contributed by atoms with van der Waals surface area (Å²) in [6, 6.07) is 13.8. The van der Waals surface area contributed by atoms with Crippen molar-refractivity contribution in [3.8, 4) is 11.5 Å². The van der Waals surface area contributed by atoms with Gasteiger partial charge in [0.15, 0.2) is 5.69 Å². The Kier molecular flexibility index (Phi) is 9.28. The summed E-state index contributed by atoms with van der Waals surface area (Å²) in [7, 11) is 0. The number of nitrogens with one attached hydrogen (secondary N) is 2. The van der Waals surface area contributed by atoms with E-state index in [-0.39, 0.29) is 36.8 Å². The van der Waals surface area contributed by atoms with Crippen LogP contribution in [0.1, 0.15) is 66.3 Å². The fourth-order valence-electron chi connectivity index (χ4n) is 4.80. The first-order valence-electron chi connectivity index (χ1n) is 12.7. The topological polar surface area (TPSA) is 122 Å². The lowest BCUT2D eigenvalue weighted by molar-refractivity contribution is -0.153. The minimum atomic E-state index is -4.94. The Morgan fingerprint density at radius 2 is 1.70 bits per heavy atom. The minimum absolute atomic E-state index is 0.169. The van der Waals surface area contributed by atoms with E-state index in [0.717, 1.165) is 31.2 Å². The maximum atomic E-state index is 13.5. The van der Waals surface area contributed by atoms with Gasteiger partial charge < -0.3 is 20.2 Å². The number of carboxylic acids is 1. The van der Waals surface area contributed by atoms with Crippen LogP contribution >= 0.6 is 15.9 Å². The number of alkyl halides is 3. The number of benzene rings is 2. The number of carbonyl (C=O) groups excluding carboxylic acids is 2. The van der Waals surface area contributed by atoms with Gasteiger partial charge in [-0.2, -0.15) is 13.2 Å². The second-order valence-corrected chi connectivity index (χ2v) is 10.5. The molecule has 1 fully saturated rings. The number of aromatic nitrogens is 1. The molecule has 2 amide bonds. The number of hydrogen-bond acceptors (Lipinski definition) is 5. The highest BCUT2D eigenvalue weighted by molar-refractivity contribution is 9.10. The number of nitrogens with zero attached hydrogens (tertiary/aromatic N) is 1. The molecule has 12 heteroatoms. The van der Waals surface area contributed by atoms with E-state index in [1.165, 1.54) is 6.07 Å². The predicted octanol–water partition coefficient (Wildman–Crippen LogP) is 6.63. The monoisotopic (exact) mass is 621 g/mol. The van der Waals surface area contributed by atoms with Crippen LogP contribution in [0.2, 0.25) is 0 Å². The van der Waals surface area contributed by atoms with Crippen LogP contribution in [0.3, 0.4) is 0 Å². The Hall–Kier alpha value is -3.67. The van der Waals surface area contributed by atoms with E-state index in [1.807, 2.05) is 12.1 Å². The zero-order valence-corrected chi connectivity index (χ0v) is 22.8. The first-order chi connectivity index (χ1) is 19.0. The van der Waals surface area contributed by atoms with Crippen molar-refractivity contribution in [3.63, 3.8) is 0 Å². The molecule has 3 aromatic rings. The standard InChI is InChI=1S/C28H27BrF3N3O5/c29-21-4-2-1-3-20(21)27-35-24(25(40-27)28(30,31)32)26(39)33-14-13-22(36)34-19-11-9-18(10-12-19)17-7-5-16(6-8-17)15-23(37)38/h1-4,9-12,16-17H,5-8,13-15H2,(H,33,39)(H,34,36)(H,37,38)/t16-,17-. The largest absolute Gasteiger partial charge is 0.481 e. The lowest BCUT2D eigenvalue weighted by Gasteiger charge is -2.28. The van der Waals surface area contributed by atoms with E-state index < -0.39 is 35.4 Å². The quantitative estimate of drug-likeness (QED) is 0.246. The second-order valence-electron chi connectivity index (χ2n) is 9.67. The van der Waals surface area contributed by atoms with Crippen LogP contribution in [-0.2, 0) is 15.8 Å². The van der Waals surface area contributed by atoms with Gasteiger partial charge in [0.1, 0.15) is 0 Å². The van der Waals surface area contributed by atoms with E-state index >= 15 is 0 Å². The van der Waals surface area contributed by atoms with E-state index in [4.69, 9.17) is 9.52 Å². The molecule has 0 atom stereocenters. The molecular formula is C28H27BrF3N3O5. The zero-order valence-electron chi connectivity index (χ0n) is 21.3. The van der Waals surface area contributed by atoms with E-state index in [2.05, 4.69) is 31.5 Å². The Labute approximate surface area is 236 Å². The van der Waals surface area contributed by atoms with Gasteiger partial charge in [-0.25, -0.2) is 4.98 Å². The fraction of sp³-hybridized carbons (Fsp3) is 0.357. The summed E-state index contributed by atoms with van der Waals surface area (Å²) < 4.78 is 46.0. The van der Waals surface area contributed by atoms with Crippen LogP contribution < -0.4 is 10.6 Å². The third-order valence-electron chi connectivity index (χ3n) is 6.82. The number of carbonyl (C=O) groups is 3. The Morgan fingerprint density at radius 3 is 2.33 bits per heavy atom. The summed E-state index contributed by atoms with van der Waals surface area (Å²) in [5.41, 5.74) is 1.01. The van der Waals surface area contributed by atoms with Crippen molar-refractivity contribution < 1.29 is 37.1 Å². The summed E-state index contributed by atoms with van der Waals surface area (Å²) in [5.74, 6) is -3.62. The number of aliphatic carboxylic acids is 1. The minimum Gasteiger partial charge on any atom is -0.481 e. The van der Waals surface area contributed by atoms with E-state index in [1.54, 1.807) is 30.3 Å². The highest BCUT2D eigenvalue weighted by Crippen LogP contribution is 2.38. The van der Waals surface area contributed by atoms with Gasteiger partial charge >= 0.3 is 12.1 Å². The molecule has 4 rings (SSSR count). The molecule has 1 aliphatic carbocycles. The van der Waals surface area contributed by atoms with Crippen LogP contribution in [-0.4, -0.2) is 34.4 Å². The number of amides is 2. The van der Waals surface area contributed by atoms with Crippen LogP contribution in [0.15, 0.2) is 57.4 Å². The maximum absolute atomic E-state index is 13.5. The number of carboxylic acid groups (broad SMARTS) is 1. The van der Waals surface area contributed by atoms with Crippen LogP contribution in [0.25, 0.3) is 11.5 Å². The molecule has 2 aromatic carbocycles. The van der Waals surface area contributed by atoms with Gasteiger partial charge in [-0.3, -0.25) is 14.4 Å². The van der Waals surface area contributed by atoms with Gasteiger partial charge in [-0.15, -0.1) is 0 Å². The second kappa shape index (κ2) is 12.7. The van der Waals surface area contributed by atoms with Gasteiger partial charge in [0.05, 0.1) is 5.56 Å². The van der Waals surface area contributed by atoms with Crippen LogP contribution in [0.5, 0.6) is 0 Å². The Morgan fingerprint density at radius 1 is 1.02 bits per heavy atom. The first-order valence-corrected chi connectivity index (χ1v) is 13.5. The zero-order chi connectivity index (χ0) is 28.9. The third-order valence-corrected chi connectivity index (χ3v) is 7.51. The number of anilines is 1. The van der Waals surface area contributed by atoms with Crippen molar-refractivity contribution in [3.05, 3.63) is 70.0 Å². The molecule has 0 aliphatic heterocycles. The molecule has 212 valence electrons. The number of rotatable bonds is 9. The molecule has 3 N–H and O–H groups in total. The molecule has 0 spiro atoms. The smallest absolute Gasteiger partial charge is 0.452 e. The van der Waals surface area contributed by atoms with Gasteiger partial charge in [0.2, 0.25) is 17.6 Å². The van der Waals surface area contributed by atoms with Crippen molar-refractivity contribution in [2.45, 2.75) is 50.6 Å². The van der Waals surface area contributed by atoms with E-state index in [9.17, 15) is 27.6 Å². The molecule has 0 saturated heterocycles. The summed E-state index contributed by atoms with van der Waals surface area (Å²) in [4.78, 5) is 39.6. The van der Waals surface area contributed by atoms with Crippen LogP contribution in [0, 0.1) is 5.92 Å². The van der Waals surface area contributed by atoms with Crippen molar-refractivity contribution in [2.75, 3.05) is 11.9 Å². The highest BCUT2D eigenvalue weighted by Gasteiger charge is 2.42. The molecule has 8 nitrogen and oxygen atoms in total. The van der Waals surface area contributed by atoms with Crippen molar-refractivity contribution >= 4 is 39.4 Å². The molecule has 0 bridgehead atoms. The molecule has 40 heavy (non-hydrogen) atoms. The van der Waals surface area contributed by atoms with Crippen molar-refractivity contribution in [1.29, 1.82) is 0 Å². The lowest BCUT2D eigenvalue weighted by atomic mass is 9.77. The van der Waals surface area contributed by atoms with E-state index in [0.29, 0.717) is 16.1 Å². The Bertz CT molecular complexity index is 1370. The number of halogens is 4. The predicted molar refractivity (Wildman–Crippen MR) is 144 cm³/mol. The first kappa shape index (κ1) is 29.3.